The first-order chi connectivity index (χ1) is 11.3. The molecule has 1 aliphatic carbocycles. The van der Waals surface area contributed by atoms with Crippen molar-refractivity contribution in [2.45, 2.75) is 44.0 Å². The molecule has 1 spiro atoms. The molecule has 0 amide bonds. The van der Waals surface area contributed by atoms with E-state index in [1.807, 2.05) is 0 Å². The van der Waals surface area contributed by atoms with E-state index in [2.05, 4.69) is 40.1 Å². The minimum absolute atomic E-state index is 0.227. The largest absolute Gasteiger partial charge is 0.369 e. The van der Waals surface area contributed by atoms with Crippen LogP contribution < -0.4 is 4.90 Å². The van der Waals surface area contributed by atoms with Gasteiger partial charge in [0, 0.05) is 51.3 Å². The molecule has 2 aliphatic heterocycles. The van der Waals surface area contributed by atoms with Crippen molar-refractivity contribution in [3.05, 3.63) is 30.3 Å². The van der Waals surface area contributed by atoms with E-state index < -0.39 is 0 Å². The van der Waals surface area contributed by atoms with Crippen LogP contribution in [0.15, 0.2) is 30.3 Å². The Bertz CT molecular complexity index is 493. The maximum absolute atomic E-state index is 6.33. The summed E-state index contributed by atoms with van der Waals surface area (Å²) in [5.41, 5.74) is 1.34. The van der Waals surface area contributed by atoms with Gasteiger partial charge in [-0.1, -0.05) is 24.6 Å². The van der Waals surface area contributed by atoms with Gasteiger partial charge in [0.1, 0.15) is 0 Å². The average molecular weight is 316 g/mol. The molecule has 2 heterocycles. The smallest absolute Gasteiger partial charge is 0.168 e. The van der Waals surface area contributed by atoms with E-state index in [4.69, 9.17) is 9.47 Å². The van der Waals surface area contributed by atoms with Crippen LogP contribution in [0.1, 0.15) is 32.1 Å². The Labute approximate surface area is 139 Å². The summed E-state index contributed by atoms with van der Waals surface area (Å²) in [5, 5.41) is 0. The monoisotopic (exact) mass is 316 g/mol. The van der Waals surface area contributed by atoms with Gasteiger partial charge >= 0.3 is 0 Å². The van der Waals surface area contributed by atoms with Crippen LogP contribution in [0, 0.1) is 0 Å². The molecule has 0 aromatic heterocycles. The van der Waals surface area contributed by atoms with E-state index in [9.17, 15) is 0 Å². The van der Waals surface area contributed by atoms with Crippen LogP contribution in [-0.2, 0) is 9.47 Å². The van der Waals surface area contributed by atoms with Gasteiger partial charge in [-0.25, -0.2) is 0 Å². The zero-order valence-electron chi connectivity index (χ0n) is 14.0. The second kappa shape index (κ2) is 6.80. The number of hydrogen-bond donors (Lipinski definition) is 0. The Balaban J connectivity index is 1.25. The van der Waals surface area contributed by atoms with Crippen LogP contribution in [0.2, 0.25) is 0 Å². The second-order valence-corrected chi connectivity index (χ2v) is 7.15. The lowest BCUT2D eigenvalue weighted by Crippen LogP contribution is -2.49. The Hall–Kier alpha value is -1.10. The highest BCUT2D eigenvalue weighted by molar-refractivity contribution is 5.46. The first kappa shape index (κ1) is 15.4. The average Bonchev–Trinajstić information content (AvgIpc) is 2.99. The van der Waals surface area contributed by atoms with Gasteiger partial charge in [0.05, 0.1) is 12.7 Å². The van der Waals surface area contributed by atoms with Crippen molar-refractivity contribution in [2.24, 2.45) is 0 Å². The van der Waals surface area contributed by atoms with Gasteiger partial charge in [0.25, 0.3) is 0 Å². The van der Waals surface area contributed by atoms with Crippen molar-refractivity contribution >= 4 is 5.69 Å². The second-order valence-electron chi connectivity index (χ2n) is 7.15. The summed E-state index contributed by atoms with van der Waals surface area (Å²) < 4.78 is 12.4. The Kier molecular flexibility index (Phi) is 4.56. The highest BCUT2D eigenvalue weighted by Gasteiger charge is 2.42. The van der Waals surface area contributed by atoms with Crippen molar-refractivity contribution in [3.8, 4) is 0 Å². The highest BCUT2D eigenvalue weighted by atomic mass is 16.7. The predicted octanol–water partition coefficient (Wildman–Crippen LogP) is 2.88. The van der Waals surface area contributed by atoms with E-state index in [-0.39, 0.29) is 11.9 Å². The molecule has 0 radical (unpaired) electrons. The summed E-state index contributed by atoms with van der Waals surface area (Å²) in [5.74, 6) is -0.227. The number of nitrogens with zero attached hydrogens (tertiary/aromatic N) is 2. The topological polar surface area (TPSA) is 24.9 Å². The Morgan fingerprint density at radius 2 is 1.70 bits per heavy atom. The number of benzene rings is 1. The summed E-state index contributed by atoms with van der Waals surface area (Å²) in [6.07, 6.45) is 6.28. The minimum atomic E-state index is -0.227. The first-order valence-electron chi connectivity index (χ1n) is 9.17. The van der Waals surface area contributed by atoms with Crippen LogP contribution in [0.3, 0.4) is 0 Å². The Morgan fingerprint density at radius 1 is 0.957 bits per heavy atom. The fourth-order valence-corrected chi connectivity index (χ4v) is 4.17. The molecule has 2 saturated heterocycles. The van der Waals surface area contributed by atoms with Crippen molar-refractivity contribution in [1.82, 2.24) is 4.90 Å². The third-order valence-corrected chi connectivity index (χ3v) is 5.48. The van der Waals surface area contributed by atoms with Crippen molar-refractivity contribution < 1.29 is 9.47 Å². The third kappa shape index (κ3) is 3.54. The van der Waals surface area contributed by atoms with Crippen LogP contribution >= 0.6 is 0 Å². The normalized spacial score (nSPS) is 28.3. The molecule has 1 saturated carbocycles. The van der Waals surface area contributed by atoms with Crippen LogP contribution in [0.25, 0.3) is 0 Å². The number of para-hydroxylation sites is 1. The highest BCUT2D eigenvalue weighted by Crippen LogP contribution is 2.37. The molecule has 4 heteroatoms. The first-order valence-corrected chi connectivity index (χ1v) is 9.17. The summed E-state index contributed by atoms with van der Waals surface area (Å²) in [4.78, 5) is 5.01. The molecule has 23 heavy (non-hydrogen) atoms. The minimum Gasteiger partial charge on any atom is -0.369 e. The standard InChI is InChI=1S/C19H28N2O2/c1-3-7-17(8-4-1)21-13-11-20(12-14-21)15-18-16-22-19(23-18)9-5-2-6-10-19/h1,3-4,7-8,18H,2,5-6,9-16H2/t18-/m1/s1. The Morgan fingerprint density at radius 3 is 2.43 bits per heavy atom. The van der Waals surface area contributed by atoms with E-state index in [0.29, 0.717) is 0 Å². The zero-order valence-corrected chi connectivity index (χ0v) is 14.0. The molecule has 1 atom stereocenters. The fourth-order valence-electron chi connectivity index (χ4n) is 4.17. The van der Waals surface area contributed by atoms with Gasteiger partial charge in [0.2, 0.25) is 0 Å². The molecule has 0 N–H and O–H groups in total. The molecule has 0 unspecified atom stereocenters. The van der Waals surface area contributed by atoms with Crippen LogP contribution in [0.5, 0.6) is 0 Å². The zero-order chi connectivity index (χ0) is 15.5. The SMILES string of the molecule is c1ccc(N2CCN(C[C@@H]3COC4(CCCCC4)O3)CC2)cc1. The van der Waals surface area contributed by atoms with E-state index in [0.717, 1.165) is 52.2 Å². The molecule has 0 bridgehead atoms. The molecular weight excluding hydrogens is 288 g/mol. The number of hydrogen-bond acceptors (Lipinski definition) is 4. The van der Waals surface area contributed by atoms with Crippen molar-refractivity contribution in [3.63, 3.8) is 0 Å². The lowest BCUT2D eigenvalue weighted by Gasteiger charge is -2.37. The fraction of sp³-hybridized carbons (Fsp3) is 0.684. The van der Waals surface area contributed by atoms with Gasteiger partial charge in [-0.3, -0.25) is 4.90 Å². The summed E-state index contributed by atoms with van der Waals surface area (Å²) in [6, 6.07) is 10.7. The summed E-state index contributed by atoms with van der Waals surface area (Å²) >= 11 is 0. The van der Waals surface area contributed by atoms with Crippen molar-refractivity contribution in [2.75, 3.05) is 44.2 Å². The lowest BCUT2D eigenvalue weighted by molar-refractivity contribution is -0.188. The molecule has 3 fully saturated rings. The maximum Gasteiger partial charge on any atom is 0.168 e. The van der Waals surface area contributed by atoms with E-state index in [1.165, 1.54) is 24.9 Å². The van der Waals surface area contributed by atoms with Gasteiger partial charge in [-0.05, 0) is 25.0 Å². The van der Waals surface area contributed by atoms with E-state index >= 15 is 0 Å². The van der Waals surface area contributed by atoms with Crippen LogP contribution in [0.4, 0.5) is 5.69 Å². The predicted molar refractivity (Wildman–Crippen MR) is 91.7 cm³/mol. The summed E-state index contributed by atoms with van der Waals surface area (Å²) in [6.45, 7) is 6.22. The molecule has 3 aliphatic rings. The van der Waals surface area contributed by atoms with Gasteiger partial charge in [-0.15, -0.1) is 0 Å². The van der Waals surface area contributed by atoms with Gasteiger partial charge in [0.15, 0.2) is 5.79 Å². The third-order valence-electron chi connectivity index (χ3n) is 5.48. The molecule has 126 valence electrons. The quantitative estimate of drug-likeness (QED) is 0.856. The molecule has 1 aromatic rings. The van der Waals surface area contributed by atoms with Crippen molar-refractivity contribution in [1.29, 1.82) is 0 Å². The molecule has 4 rings (SSSR count). The van der Waals surface area contributed by atoms with Gasteiger partial charge < -0.3 is 14.4 Å². The van der Waals surface area contributed by atoms with Crippen LogP contribution in [-0.4, -0.2) is 56.1 Å². The number of piperazine rings is 1. The molecule has 4 nitrogen and oxygen atoms in total. The lowest BCUT2D eigenvalue weighted by atomic mass is 9.94. The number of anilines is 1. The number of ether oxygens (including phenoxy) is 2. The molecular formula is C19H28N2O2. The number of rotatable bonds is 3. The summed E-state index contributed by atoms with van der Waals surface area (Å²) in [7, 11) is 0. The van der Waals surface area contributed by atoms with E-state index in [1.54, 1.807) is 0 Å². The maximum atomic E-state index is 6.33. The molecule has 1 aromatic carbocycles. The van der Waals surface area contributed by atoms with Gasteiger partial charge in [-0.2, -0.15) is 0 Å².